The second-order valence-electron chi connectivity index (χ2n) is 5.08. The summed E-state index contributed by atoms with van der Waals surface area (Å²) in [4.78, 5) is 10.8. The molecule has 0 saturated carbocycles. The molecule has 1 aromatic carbocycles. The van der Waals surface area contributed by atoms with Crippen LogP contribution in [0.5, 0.6) is 0 Å². The topological polar surface area (TPSA) is 79.7 Å². The van der Waals surface area contributed by atoms with Gasteiger partial charge in [-0.3, -0.25) is 5.21 Å². The molecule has 118 valence electrons. The molecule has 0 aliphatic heterocycles. The summed E-state index contributed by atoms with van der Waals surface area (Å²) in [6.07, 6.45) is 3.80. The Morgan fingerprint density at radius 1 is 1.35 bits per heavy atom. The molecule has 1 atom stereocenters. The molecule has 2 aromatic rings. The Bertz CT molecular complexity index is 781. The van der Waals surface area contributed by atoms with Gasteiger partial charge >= 0.3 is 6.03 Å². The van der Waals surface area contributed by atoms with E-state index >= 15 is 0 Å². The number of furan rings is 1. The lowest BCUT2D eigenvalue weighted by atomic mass is 10.1. The van der Waals surface area contributed by atoms with Gasteiger partial charge in [-0.05, 0) is 43.5 Å². The van der Waals surface area contributed by atoms with E-state index in [-0.39, 0.29) is 0 Å². The summed E-state index contributed by atoms with van der Waals surface area (Å²) in [6, 6.07) is 9.96. The first-order valence-electron chi connectivity index (χ1n) is 7.09. The first kappa shape index (κ1) is 16.4. The van der Waals surface area contributed by atoms with Crippen molar-refractivity contribution in [1.29, 1.82) is 0 Å². The van der Waals surface area contributed by atoms with Crippen molar-refractivity contribution in [2.24, 2.45) is 5.73 Å². The van der Waals surface area contributed by atoms with Crippen LogP contribution in [0.3, 0.4) is 0 Å². The van der Waals surface area contributed by atoms with E-state index in [0.717, 1.165) is 5.56 Å². The van der Waals surface area contributed by atoms with Gasteiger partial charge in [0.15, 0.2) is 5.76 Å². The van der Waals surface area contributed by atoms with E-state index in [2.05, 4.69) is 17.9 Å². The molecule has 23 heavy (non-hydrogen) atoms. The van der Waals surface area contributed by atoms with E-state index < -0.39 is 12.1 Å². The van der Waals surface area contributed by atoms with Crippen LogP contribution in [0.4, 0.5) is 4.79 Å². The van der Waals surface area contributed by atoms with Crippen molar-refractivity contribution in [3.8, 4) is 11.8 Å². The molecule has 1 unspecified atom stereocenters. The third-order valence-corrected chi connectivity index (χ3v) is 3.11. The van der Waals surface area contributed by atoms with Gasteiger partial charge in [0.2, 0.25) is 0 Å². The van der Waals surface area contributed by atoms with E-state index in [0.29, 0.717) is 16.6 Å². The zero-order chi connectivity index (χ0) is 16.8. The molecule has 2 rings (SSSR count). The third-order valence-electron chi connectivity index (χ3n) is 3.11. The number of urea groups is 1. The van der Waals surface area contributed by atoms with Crippen LogP contribution in [0.15, 0.2) is 40.8 Å². The molecule has 0 saturated heterocycles. The zero-order valence-electron chi connectivity index (χ0n) is 13.0. The molecule has 0 bridgehead atoms. The Balaban J connectivity index is 2.05. The molecule has 0 radical (unpaired) electrons. The van der Waals surface area contributed by atoms with Gasteiger partial charge in [0.25, 0.3) is 0 Å². The molecule has 0 fully saturated rings. The summed E-state index contributed by atoms with van der Waals surface area (Å²) < 4.78 is 5.55. The summed E-state index contributed by atoms with van der Waals surface area (Å²) in [7, 11) is 0. The number of hydrogen-bond acceptors (Lipinski definition) is 3. The maximum atomic E-state index is 10.8. The summed E-state index contributed by atoms with van der Waals surface area (Å²) in [5.41, 5.74) is 7.23. The van der Waals surface area contributed by atoms with E-state index in [1.165, 1.54) is 5.56 Å². The van der Waals surface area contributed by atoms with Crippen LogP contribution < -0.4 is 5.73 Å². The Morgan fingerprint density at radius 3 is 2.83 bits per heavy atom. The minimum absolute atomic E-state index is 0.370. The number of benzene rings is 1. The largest absolute Gasteiger partial charge is 0.448 e. The fraction of sp³-hybridized carbons (Fsp3) is 0.167. The summed E-state index contributed by atoms with van der Waals surface area (Å²) >= 11 is 0. The van der Waals surface area contributed by atoms with Crippen molar-refractivity contribution >= 4 is 18.2 Å². The lowest BCUT2D eigenvalue weighted by Gasteiger charge is -2.14. The average Bonchev–Trinajstić information content (AvgIpc) is 2.98. The highest BCUT2D eigenvalue weighted by atomic mass is 16.5. The first-order valence-corrected chi connectivity index (χ1v) is 7.09. The fourth-order valence-electron chi connectivity index (χ4n) is 1.89. The van der Waals surface area contributed by atoms with Crippen LogP contribution >= 0.6 is 0 Å². The predicted octanol–water partition coefficient (Wildman–Crippen LogP) is 3.27. The van der Waals surface area contributed by atoms with Crippen molar-refractivity contribution in [3.05, 3.63) is 59.0 Å². The van der Waals surface area contributed by atoms with Gasteiger partial charge in [-0.1, -0.05) is 41.8 Å². The minimum atomic E-state index is -0.951. The average molecular weight is 310 g/mol. The number of aryl methyl sites for hydroxylation is 1. The Morgan fingerprint density at radius 2 is 2.13 bits per heavy atom. The number of carbonyl (C=O) groups excluding carboxylic acids is 1. The number of nitrogens with two attached hydrogens (primary N) is 1. The zero-order valence-corrected chi connectivity index (χ0v) is 13.0. The molecular weight excluding hydrogens is 292 g/mol. The van der Waals surface area contributed by atoms with E-state index in [9.17, 15) is 10.0 Å². The number of hydrogen-bond donors (Lipinski definition) is 2. The number of nitrogens with zero attached hydrogens (tertiary/aromatic N) is 1. The fourth-order valence-corrected chi connectivity index (χ4v) is 1.89. The number of hydroxylamine groups is 2. The Hall–Kier alpha value is -2.97. The molecular formula is C18H18N2O3. The third kappa shape index (κ3) is 4.77. The normalized spacial score (nSPS) is 11.8. The predicted molar refractivity (Wildman–Crippen MR) is 88.4 cm³/mol. The number of rotatable bonds is 3. The van der Waals surface area contributed by atoms with E-state index in [4.69, 9.17) is 10.2 Å². The summed E-state index contributed by atoms with van der Waals surface area (Å²) in [5, 5.41) is 9.69. The SMILES string of the molecule is Cc1cccc(C=Cc2ccc(C#CC(C)N(O)C(N)=O)o2)c1. The highest BCUT2D eigenvalue weighted by molar-refractivity contribution is 5.71. The summed E-state index contributed by atoms with van der Waals surface area (Å²) in [5.74, 6) is 6.54. The van der Waals surface area contributed by atoms with Crippen molar-refractivity contribution in [2.75, 3.05) is 0 Å². The molecule has 3 N–H and O–H groups in total. The molecule has 0 aliphatic rings. The molecule has 5 nitrogen and oxygen atoms in total. The van der Waals surface area contributed by atoms with Gasteiger partial charge in [-0.15, -0.1) is 0 Å². The number of primary amides is 1. The van der Waals surface area contributed by atoms with E-state index in [1.54, 1.807) is 19.1 Å². The van der Waals surface area contributed by atoms with E-state index in [1.807, 2.05) is 37.3 Å². The number of amides is 2. The first-order chi connectivity index (χ1) is 11.0. The second kappa shape index (κ2) is 7.34. The van der Waals surface area contributed by atoms with Crippen LogP contribution in [0, 0.1) is 18.8 Å². The standard InChI is InChI=1S/C18H18N2O3/c1-13-4-3-5-15(12-13)7-9-17-11-10-16(23-17)8-6-14(2)20(22)18(19)21/h3-5,7,9-12,14,22H,1-2H3,(H2,19,21). The maximum absolute atomic E-state index is 10.8. The van der Waals surface area contributed by atoms with Crippen LogP contribution in [0.2, 0.25) is 0 Å². The van der Waals surface area contributed by atoms with Crippen molar-refractivity contribution < 1.29 is 14.4 Å². The second-order valence-corrected chi connectivity index (χ2v) is 5.08. The molecule has 0 aliphatic carbocycles. The molecule has 0 spiro atoms. The molecule has 5 heteroatoms. The van der Waals surface area contributed by atoms with Crippen molar-refractivity contribution in [2.45, 2.75) is 19.9 Å². The van der Waals surface area contributed by atoms with Crippen LogP contribution in [-0.4, -0.2) is 22.3 Å². The van der Waals surface area contributed by atoms with Gasteiger partial charge in [0.05, 0.1) is 0 Å². The minimum Gasteiger partial charge on any atom is -0.448 e. The van der Waals surface area contributed by atoms with Crippen LogP contribution in [-0.2, 0) is 0 Å². The quantitative estimate of drug-likeness (QED) is 0.519. The molecule has 1 heterocycles. The van der Waals surface area contributed by atoms with Gasteiger partial charge in [0, 0.05) is 0 Å². The molecule has 2 amide bonds. The molecule has 1 aromatic heterocycles. The van der Waals surface area contributed by atoms with Crippen molar-refractivity contribution in [1.82, 2.24) is 5.06 Å². The van der Waals surface area contributed by atoms with Crippen molar-refractivity contribution in [3.63, 3.8) is 0 Å². The highest BCUT2D eigenvalue weighted by Crippen LogP contribution is 2.12. The Labute approximate surface area is 135 Å². The monoisotopic (exact) mass is 310 g/mol. The maximum Gasteiger partial charge on any atom is 0.339 e. The number of carbonyl (C=O) groups is 1. The van der Waals surface area contributed by atoms with Gasteiger partial charge in [-0.2, -0.15) is 5.06 Å². The highest BCUT2D eigenvalue weighted by Gasteiger charge is 2.11. The van der Waals surface area contributed by atoms with Gasteiger partial charge in [0.1, 0.15) is 11.8 Å². The lowest BCUT2D eigenvalue weighted by molar-refractivity contribution is -0.0536. The smallest absolute Gasteiger partial charge is 0.339 e. The summed E-state index contributed by atoms with van der Waals surface area (Å²) in [6.45, 7) is 3.59. The van der Waals surface area contributed by atoms with Crippen LogP contribution in [0.25, 0.3) is 12.2 Å². The van der Waals surface area contributed by atoms with Crippen LogP contribution in [0.1, 0.15) is 29.6 Å². The van der Waals surface area contributed by atoms with Gasteiger partial charge in [-0.25, -0.2) is 4.79 Å². The lowest BCUT2D eigenvalue weighted by Crippen LogP contribution is -2.38. The van der Waals surface area contributed by atoms with Gasteiger partial charge < -0.3 is 10.2 Å². The Kier molecular flexibility index (Phi) is 5.23.